The Balaban J connectivity index is 1.42. The van der Waals surface area contributed by atoms with Gasteiger partial charge < -0.3 is 4.74 Å². The van der Waals surface area contributed by atoms with Crippen molar-refractivity contribution in [3.63, 3.8) is 0 Å². The maximum absolute atomic E-state index is 13.1. The van der Waals surface area contributed by atoms with Crippen molar-refractivity contribution in [2.45, 2.75) is 50.4 Å². The van der Waals surface area contributed by atoms with Gasteiger partial charge in [0.2, 0.25) is 0 Å². The summed E-state index contributed by atoms with van der Waals surface area (Å²) in [5, 5.41) is 1.85. The molecule has 7 rings (SSSR count). The molecule has 0 aromatic heterocycles. The van der Waals surface area contributed by atoms with Gasteiger partial charge in [0.1, 0.15) is 5.75 Å². The molecule has 0 amide bonds. The van der Waals surface area contributed by atoms with Gasteiger partial charge in [-0.3, -0.25) is 0 Å². The standard InChI is InChI=1S/C28H28F2O/c1-31-26-7-6-23(21-2-3-22-12-24(27(29)30)5-4-20(22)11-21)13-25(26)28-14-17-8-18(15-28)10-19(9-17)16-28/h2-7,11-13,17-19,27H,8-10,14-16H2,1H3. The number of fused-ring (bicyclic) bond motifs is 1. The van der Waals surface area contributed by atoms with Gasteiger partial charge in [0.05, 0.1) is 7.11 Å². The third-order valence-corrected chi connectivity index (χ3v) is 8.26. The van der Waals surface area contributed by atoms with Crippen molar-refractivity contribution >= 4 is 10.8 Å². The SMILES string of the molecule is COc1ccc(-c2ccc3cc(C(F)F)ccc3c2)cc1C12CC3CC(CC(C3)C1)C2. The van der Waals surface area contributed by atoms with Gasteiger partial charge in [0.15, 0.2) is 0 Å². The minimum atomic E-state index is -2.44. The number of ether oxygens (including phenoxy) is 1. The quantitative estimate of drug-likeness (QED) is 0.418. The average molecular weight is 419 g/mol. The summed E-state index contributed by atoms with van der Waals surface area (Å²) >= 11 is 0. The highest BCUT2D eigenvalue weighted by Gasteiger charge is 2.52. The van der Waals surface area contributed by atoms with Crippen molar-refractivity contribution in [3.05, 3.63) is 65.7 Å². The van der Waals surface area contributed by atoms with E-state index in [4.69, 9.17) is 4.74 Å². The van der Waals surface area contributed by atoms with Gasteiger partial charge in [-0.05, 0) is 108 Å². The summed E-state index contributed by atoms with van der Waals surface area (Å²) in [4.78, 5) is 0. The summed E-state index contributed by atoms with van der Waals surface area (Å²) in [5.74, 6) is 3.66. The van der Waals surface area contributed by atoms with Crippen LogP contribution in [0.25, 0.3) is 21.9 Å². The van der Waals surface area contributed by atoms with Crippen LogP contribution in [-0.4, -0.2) is 7.11 Å². The minimum Gasteiger partial charge on any atom is -0.496 e. The number of alkyl halides is 2. The number of benzene rings is 3. The van der Waals surface area contributed by atoms with E-state index < -0.39 is 6.43 Å². The van der Waals surface area contributed by atoms with Crippen molar-refractivity contribution in [2.75, 3.05) is 7.11 Å². The van der Waals surface area contributed by atoms with Gasteiger partial charge in [0, 0.05) is 11.1 Å². The second-order valence-corrected chi connectivity index (χ2v) is 10.2. The van der Waals surface area contributed by atoms with Gasteiger partial charge in [-0.15, -0.1) is 0 Å². The molecule has 0 aliphatic heterocycles. The van der Waals surface area contributed by atoms with E-state index in [2.05, 4.69) is 30.3 Å². The molecular weight excluding hydrogens is 390 g/mol. The molecule has 3 aromatic carbocycles. The lowest BCUT2D eigenvalue weighted by Gasteiger charge is -2.57. The Hall–Kier alpha value is -2.42. The molecule has 4 bridgehead atoms. The van der Waals surface area contributed by atoms with Crippen LogP contribution >= 0.6 is 0 Å². The molecule has 1 nitrogen and oxygen atoms in total. The highest BCUT2D eigenvalue weighted by molar-refractivity contribution is 5.88. The Kier molecular flexibility index (Phi) is 4.38. The predicted molar refractivity (Wildman–Crippen MR) is 121 cm³/mol. The Labute approximate surface area is 182 Å². The van der Waals surface area contributed by atoms with E-state index in [-0.39, 0.29) is 11.0 Å². The van der Waals surface area contributed by atoms with Crippen LogP contribution in [-0.2, 0) is 5.41 Å². The van der Waals surface area contributed by atoms with Crippen molar-refractivity contribution in [1.29, 1.82) is 0 Å². The fourth-order valence-corrected chi connectivity index (χ4v) is 7.32. The first kappa shape index (κ1) is 19.3. The third kappa shape index (κ3) is 3.16. The van der Waals surface area contributed by atoms with Gasteiger partial charge in [-0.2, -0.15) is 0 Å². The molecule has 0 atom stereocenters. The zero-order chi connectivity index (χ0) is 21.2. The van der Waals surface area contributed by atoms with E-state index in [1.54, 1.807) is 13.2 Å². The van der Waals surface area contributed by atoms with Crippen LogP contribution in [0.1, 0.15) is 56.1 Å². The zero-order valence-corrected chi connectivity index (χ0v) is 17.9. The maximum atomic E-state index is 13.1. The van der Waals surface area contributed by atoms with Crippen LogP contribution in [0.5, 0.6) is 5.75 Å². The Morgan fingerprint density at radius 2 is 1.35 bits per heavy atom. The van der Waals surface area contributed by atoms with Crippen molar-refractivity contribution in [2.24, 2.45) is 17.8 Å². The van der Waals surface area contributed by atoms with E-state index in [1.165, 1.54) is 55.7 Å². The second kappa shape index (κ2) is 7.05. The van der Waals surface area contributed by atoms with Crippen molar-refractivity contribution in [1.82, 2.24) is 0 Å². The van der Waals surface area contributed by atoms with E-state index in [1.807, 2.05) is 12.1 Å². The van der Waals surface area contributed by atoms with E-state index >= 15 is 0 Å². The fourth-order valence-electron chi connectivity index (χ4n) is 7.32. The molecule has 4 saturated carbocycles. The monoisotopic (exact) mass is 418 g/mol. The van der Waals surface area contributed by atoms with Gasteiger partial charge in [0.25, 0.3) is 6.43 Å². The summed E-state index contributed by atoms with van der Waals surface area (Å²) in [6, 6.07) is 17.7. The summed E-state index contributed by atoms with van der Waals surface area (Å²) in [7, 11) is 1.79. The molecule has 4 aliphatic rings. The average Bonchev–Trinajstić information content (AvgIpc) is 2.77. The Morgan fingerprint density at radius 1 is 0.774 bits per heavy atom. The van der Waals surface area contributed by atoms with Gasteiger partial charge >= 0.3 is 0 Å². The van der Waals surface area contributed by atoms with E-state index in [0.717, 1.165) is 39.8 Å². The molecule has 160 valence electrons. The predicted octanol–water partition coefficient (Wildman–Crippen LogP) is 7.92. The highest BCUT2D eigenvalue weighted by atomic mass is 19.3. The fraction of sp³-hybridized carbons (Fsp3) is 0.429. The lowest BCUT2D eigenvalue weighted by atomic mass is 9.48. The first-order chi connectivity index (χ1) is 15.0. The summed E-state index contributed by atoms with van der Waals surface area (Å²) < 4.78 is 32.0. The van der Waals surface area contributed by atoms with Crippen LogP contribution in [0.3, 0.4) is 0 Å². The normalized spacial score (nSPS) is 29.1. The summed E-state index contributed by atoms with van der Waals surface area (Å²) in [5.41, 5.74) is 4.05. The Bertz CT molecular complexity index is 1110. The first-order valence-electron chi connectivity index (χ1n) is 11.5. The number of halogens is 2. The number of hydrogen-bond donors (Lipinski definition) is 0. The maximum Gasteiger partial charge on any atom is 0.263 e. The number of rotatable bonds is 4. The van der Waals surface area contributed by atoms with Crippen molar-refractivity contribution < 1.29 is 13.5 Å². The summed E-state index contributed by atoms with van der Waals surface area (Å²) in [6.45, 7) is 0. The largest absolute Gasteiger partial charge is 0.496 e. The highest BCUT2D eigenvalue weighted by Crippen LogP contribution is 2.62. The van der Waals surface area contributed by atoms with E-state index in [0.29, 0.717) is 0 Å². The molecule has 4 aliphatic carbocycles. The molecule has 0 N–H and O–H groups in total. The first-order valence-corrected chi connectivity index (χ1v) is 11.5. The van der Waals surface area contributed by atoms with Crippen LogP contribution in [0, 0.1) is 17.8 Å². The van der Waals surface area contributed by atoms with Crippen LogP contribution in [0.15, 0.2) is 54.6 Å². The summed E-state index contributed by atoms with van der Waals surface area (Å²) in [6.07, 6.45) is 5.73. The molecule has 0 radical (unpaired) electrons. The zero-order valence-electron chi connectivity index (χ0n) is 17.9. The molecule has 0 unspecified atom stereocenters. The molecule has 3 heteroatoms. The lowest BCUT2D eigenvalue weighted by Crippen LogP contribution is -2.48. The van der Waals surface area contributed by atoms with E-state index in [9.17, 15) is 8.78 Å². The Morgan fingerprint density at radius 3 is 2.00 bits per heavy atom. The molecule has 0 saturated heterocycles. The number of hydrogen-bond acceptors (Lipinski definition) is 1. The molecular formula is C28H28F2O. The lowest BCUT2D eigenvalue weighted by molar-refractivity contribution is -0.00613. The van der Waals surface area contributed by atoms with Crippen LogP contribution in [0.2, 0.25) is 0 Å². The molecule has 4 fully saturated rings. The topological polar surface area (TPSA) is 9.23 Å². The molecule has 0 heterocycles. The van der Waals surface area contributed by atoms with Crippen LogP contribution < -0.4 is 4.74 Å². The molecule has 0 spiro atoms. The van der Waals surface area contributed by atoms with Crippen LogP contribution in [0.4, 0.5) is 8.78 Å². The molecule has 31 heavy (non-hydrogen) atoms. The minimum absolute atomic E-state index is 0.0776. The molecule has 3 aromatic rings. The smallest absolute Gasteiger partial charge is 0.263 e. The van der Waals surface area contributed by atoms with Gasteiger partial charge in [-0.1, -0.05) is 30.3 Å². The third-order valence-electron chi connectivity index (χ3n) is 8.26. The van der Waals surface area contributed by atoms with Crippen molar-refractivity contribution in [3.8, 4) is 16.9 Å². The number of methoxy groups -OCH3 is 1. The second-order valence-electron chi connectivity index (χ2n) is 10.2. The van der Waals surface area contributed by atoms with Gasteiger partial charge in [-0.25, -0.2) is 8.78 Å².